The molecule has 6 heteroatoms. The Balaban J connectivity index is 1.44. The Bertz CT molecular complexity index is 654. The Labute approximate surface area is 142 Å². The number of carbonyl (C=O) groups is 1. The molecule has 0 atom stereocenters. The predicted molar refractivity (Wildman–Crippen MR) is 92.4 cm³/mol. The Morgan fingerprint density at radius 3 is 2.75 bits per heavy atom. The van der Waals surface area contributed by atoms with Crippen molar-refractivity contribution in [1.29, 1.82) is 0 Å². The van der Waals surface area contributed by atoms with Crippen LogP contribution < -0.4 is 5.32 Å². The number of hydrogen-bond acceptors (Lipinski definition) is 4. The summed E-state index contributed by atoms with van der Waals surface area (Å²) in [5, 5.41) is 10.3. The normalized spacial score (nSPS) is 16.2. The van der Waals surface area contributed by atoms with Crippen molar-refractivity contribution < 1.29 is 4.79 Å². The van der Waals surface area contributed by atoms with Gasteiger partial charge in [-0.05, 0) is 38.8 Å². The average Bonchev–Trinajstić information content (AvgIpc) is 2.89. The van der Waals surface area contributed by atoms with E-state index in [4.69, 9.17) is 0 Å². The lowest BCUT2D eigenvalue weighted by Crippen LogP contribution is -2.44. The minimum absolute atomic E-state index is 0.0887. The summed E-state index contributed by atoms with van der Waals surface area (Å²) in [6, 6.07) is 6.29. The number of amides is 1. The average molecular weight is 327 g/mol. The molecule has 2 aromatic heterocycles. The second-order valence-electron chi connectivity index (χ2n) is 6.53. The molecule has 0 saturated carbocycles. The Morgan fingerprint density at radius 2 is 2.12 bits per heavy atom. The second-order valence-corrected chi connectivity index (χ2v) is 6.53. The van der Waals surface area contributed by atoms with E-state index in [2.05, 4.69) is 31.5 Å². The fraction of sp³-hybridized carbons (Fsp3) is 0.500. The third kappa shape index (κ3) is 4.20. The van der Waals surface area contributed by atoms with E-state index in [1.54, 1.807) is 0 Å². The molecule has 1 aliphatic rings. The minimum Gasteiger partial charge on any atom is -0.353 e. The van der Waals surface area contributed by atoms with Crippen LogP contribution in [0.5, 0.6) is 0 Å². The van der Waals surface area contributed by atoms with Gasteiger partial charge in [0.2, 0.25) is 5.91 Å². The van der Waals surface area contributed by atoms with E-state index in [9.17, 15) is 4.79 Å². The van der Waals surface area contributed by atoms with Crippen molar-refractivity contribution in [2.45, 2.75) is 45.7 Å². The van der Waals surface area contributed by atoms with Gasteiger partial charge in [-0.25, -0.2) is 0 Å². The maximum atomic E-state index is 12.3. The number of nitrogens with zero attached hydrogens (tertiary/aromatic N) is 3. The molecule has 1 saturated heterocycles. The number of pyridine rings is 1. The van der Waals surface area contributed by atoms with Gasteiger partial charge in [0.1, 0.15) is 0 Å². The van der Waals surface area contributed by atoms with E-state index in [1.807, 2.05) is 32.2 Å². The highest BCUT2D eigenvalue weighted by atomic mass is 16.1. The van der Waals surface area contributed by atoms with Crippen LogP contribution in [-0.4, -0.2) is 45.1 Å². The van der Waals surface area contributed by atoms with Crippen LogP contribution in [0.2, 0.25) is 0 Å². The predicted octanol–water partition coefficient (Wildman–Crippen LogP) is 1.74. The molecule has 2 N–H and O–H groups in total. The van der Waals surface area contributed by atoms with Crippen LogP contribution in [0.25, 0.3) is 0 Å². The lowest BCUT2D eigenvalue weighted by molar-refractivity contribution is -0.121. The molecule has 24 heavy (non-hydrogen) atoms. The van der Waals surface area contributed by atoms with Crippen molar-refractivity contribution in [3.8, 4) is 0 Å². The molecular formula is C18H25N5O. The van der Waals surface area contributed by atoms with Crippen LogP contribution in [-0.2, 0) is 17.8 Å². The number of aryl methyl sites for hydroxylation is 2. The topological polar surface area (TPSA) is 73.9 Å². The first-order valence-electron chi connectivity index (χ1n) is 8.54. The summed E-state index contributed by atoms with van der Waals surface area (Å²) in [6.07, 6.45) is 4.22. The minimum atomic E-state index is 0.0887. The van der Waals surface area contributed by atoms with E-state index in [-0.39, 0.29) is 11.9 Å². The number of carbonyl (C=O) groups excluding carboxylic acids is 1. The Morgan fingerprint density at radius 1 is 1.33 bits per heavy atom. The number of H-pyrrole nitrogens is 1. The van der Waals surface area contributed by atoms with Gasteiger partial charge in [0.15, 0.2) is 0 Å². The highest BCUT2D eigenvalue weighted by Gasteiger charge is 2.21. The van der Waals surface area contributed by atoms with Crippen molar-refractivity contribution in [1.82, 2.24) is 25.4 Å². The van der Waals surface area contributed by atoms with Gasteiger partial charge in [-0.3, -0.25) is 19.8 Å². The summed E-state index contributed by atoms with van der Waals surface area (Å²) < 4.78 is 0. The zero-order chi connectivity index (χ0) is 16.9. The van der Waals surface area contributed by atoms with Crippen molar-refractivity contribution in [2.75, 3.05) is 13.1 Å². The SMILES string of the molecule is Cc1n[nH]c(C)c1CC(=O)NC1CCN(Cc2ccccn2)CC1. The maximum Gasteiger partial charge on any atom is 0.224 e. The van der Waals surface area contributed by atoms with Crippen molar-refractivity contribution in [3.05, 3.63) is 47.0 Å². The summed E-state index contributed by atoms with van der Waals surface area (Å²) in [5.74, 6) is 0.0887. The molecule has 2 aromatic rings. The molecule has 0 spiro atoms. The zero-order valence-corrected chi connectivity index (χ0v) is 14.4. The number of rotatable bonds is 5. The van der Waals surface area contributed by atoms with E-state index in [1.165, 1.54) is 0 Å². The third-order valence-corrected chi connectivity index (χ3v) is 4.68. The molecule has 0 unspecified atom stereocenters. The second kappa shape index (κ2) is 7.57. The first kappa shape index (κ1) is 16.6. The molecule has 0 aliphatic carbocycles. The summed E-state index contributed by atoms with van der Waals surface area (Å²) >= 11 is 0. The number of nitrogens with one attached hydrogen (secondary N) is 2. The quantitative estimate of drug-likeness (QED) is 0.877. The number of aromatic amines is 1. The van der Waals surface area contributed by atoms with Gasteiger partial charge < -0.3 is 5.32 Å². The van der Waals surface area contributed by atoms with Crippen molar-refractivity contribution >= 4 is 5.91 Å². The summed E-state index contributed by atoms with van der Waals surface area (Å²) in [7, 11) is 0. The molecule has 128 valence electrons. The van der Waals surface area contributed by atoms with Crippen LogP contribution in [0.1, 0.15) is 35.5 Å². The van der Waals surface area contributed by atoms with Gasteiger partial charge in [-0.2, -0.15) is 5.10 Å². The molecule has 1 aliphatic heterocycles. The van der Waals surface area contributed by atoms with Gasteiger partial charge in [-0.1, -0.05) is 6.07 Å². The highest BCUT2D eigenvalue weighted by Crippen LogP contribution is 2.14. The molecule has 3 heterocycles. The zero-order valence-electron chi connectivity index (χ0n) is 14.4. The van der Waals surface area contributed by atoms with E-state index in [0.29, 0.717) is 6.42 Å². The molecule has 0 radical (unpaired) electrons. The maximum absolute atomic E-state index is 12.3. The highest BCUT2D eigenvalue weighted by molar-refractivity contribution is 5.79. The smallest absolute Gasteiger partial charge is 0.224 e. The lowest BCUT2D eigenvalue weighted by Gasteiger charge is -2.32. The fourth-order valence-electron chi connectivity index (χ4n) is 3.23. The fourth-order valence-corrected chi connectivity index (χ4v) is 3.23. The van der Waals surface area contributed by atoms with E-state index in [0.717, 1.165) is 55.1 Å². The third-order valence-electron chi connectivity index (χ3n) is 4.68. The standard InChI is InChI=1S/C18H25N5O/c1-13-17(14(2)22-21-13)11-18(24)20-15-6-9-23(10-7-15)12-16-5-3-4-8-19-16/h3-5,8,15H,6-7,9-12H2,1-2H3,(H,20,24)(H,21,22). The van der Waals surface area contributed by atoms with Gasteiger partial charge in [-0.15, -0.1) is 0 Å². The van der Waals surface area contributed by atoms with Crippen LogP contribution in [0.3, 0.4) is 0 Å². The van der Waals surface area contributed by atoms with Crippen LogP contribution in [0.15, 0.2) is 24.4 Å². The summed E-state index contributed by atoms with van der Waals surface area (Å²) in [6.45, 7) is 6.76. The number of hydrogen-bond donors (Lipinski definition) is 2. The van der Waals surface area contributed by atoms with E-state index < -0.39 is 0 Å². The molecular weight excluding hydrogens is 302 g/mol. The first-order valence-corrected chi connectivity index (χ1v) is 8.54. The molecule has 1 fully saturated rings. The molecule has 1 amide bonds. The van der Waals surface area contributed by atoms with Gasteiger partial charge >= 0.3 is 0 Å². The van der Waals surface area contributed by atoms with Gasteiger partial charge in [0.05, 0.1) is 17.8 Å². The van der Waals surface area contributed by atoms with Crippen molar-refractivity contribution in [2.24, 2.45) is 0 Å². The number of likely N-dealkylation sites (tertiary alicyclic amines) is 1. The van der Waals surface area contributed by atoms with Crippen LogP contribution >= 0.6 is 0 Å². The first-order chi connectivity index (χ1) is 11.6. The molecule has 0 bridgehead atoms. The summed E-state index contributed by atoms with van der Waals surface area (Å²) in [4.78, 5) is 19.1. The number of aromatic nitrogens is 3. The van der Waals surface area contributed by atoms with Crippen LogP contribution in [0.4, 0.5) is 0 Å². The van der Waals surface area contributed by atoms with Gasteiger partial charge in [0.25, 0.3) is 0 Å². The lowest BCUT2D eigenvalue weighted by atomic mass is 10.0. The largest absolute Gasteiger partial charge is 0.353 e. The Hall–Kier alpha value is -2.21. The Kier molecular flexibility index (Phi) is 5.25. The molecule has 0 aromatic carbocycles. The summed E-state index contributed by atoms with van der Waals surface area (Å²) in [5.41, 5.74) is 4.01. The monoisotopic (exact) mass is 327 g/mol. The van der Waals surface area contributed by atoms with Crippen molar-refractivity contribution in [3.63, 3.8) is 0 Å². The number of piperidine rings is 1. The molecule has 6 nitrogen and oxygen atoms in total. The van der Waals surface area contributed by atoms with Crippen LogP contribution in [0, 0.1) is 13.8 Å². The van der Waals surface area contributed by atoms with Gasteiger partial charge in [0, 0.05) is 43.1 Å². The molecule has 3 rings (SSSR count). The van der Waals surface area contributed by atoms with E-state index >= 15 is 0 Å².